The molecule has 1 unspecified atom stereocenters. The molecular weight excluding hydrogens is 206 g/mol. The van der Waals surface area contributed by atoms with E-state index in [4.69, 9.17) is 5.73 Å². The van der Waals surface area contributed by atoms with Gasteiger partial charge >= 0.3 is 0 Å². The number of hydrogen-bond acceptors (Lipinski definition) is 4. The molecule has 1 heterocycles. The molecule has 4 heteroatoms. The quantitative estimate of drug-likeness (QED) is 0.808. The Morgan fingerprint density at radius 2 is 2.33 bits per heavy atom. The number of anilines is 2. The summed E-state index contributed by atoms with van der Waals surface area (Å²) in [5.74, 6) is 1.88. The number of nitrogens with one attached hydrogen (secondary N) is 1. The largest absolute Gasteiger partial charge is 0.396 e. The number of nitrogen functional groups attached to an aromatic ring is 1. The van der Waals surface area contributed by atoms with Crippen LogP contribution in [0, 0.1) is 6.92 Å². The van der Waals surface area contributed by atoms with E-state index in [1.807, 2.05) is 30.9 Å². The van der Waals surface area contributed by atoms with Crippen molar-refractivity contribution in [2.24, 2.45) is 0 Å². The van der Waals surface area contributed by atoms with Crippen LogP contribution in [-0.2, 0) is 0 Å². The second kappa shape index (κ2) is 5.85. The third-order valence-corrected chi connectivity index (χ3v) is 2.99. The van der Waals surface area contributed by atoms with E-state index in [9.17, 15) is 0 Å². The number of pyridine rings is 1. The molecule has 3 N–H and O–H groups in total. The van der Waals surface area contributed by atoms with E-state index in [2.05, 4.69) is 23.5 Å². The normalized spacial score (nSPS) is 12.5. The highest BCUT2D eigenvalue weighted by Gasteiger charge is 2.08. The minimum atomic E-state index is 0.442. The third-order valence-electron chi connectivity index (χ3n) is 2.26. The summed E-state index contributed by atoms with van der Waals surface area (Å²) in [6.45, 7) is 4.16. The molecule has 0 aliphatic heterocycles. The summed E-state index contributed by atoms with van der Waals surface area (Å²) in [7, 11) is 0. The fourth-order valence-corrected chi connectivity index (χ4v) is 2.09. The van der Waals surface area contributed by atoms with Crippen LogP contribution in [0.3, 0.4) is 0 Å². The lowest BCUT2D eigenvalue weighted by atomic mass is 10.2. The summed E-state index contributed by atoms with van der Waals surface area (Å²) in [6.07, 6.45) is 5.02. The molecule has 1 atom stereocenters. The standard InChI is InChI=1S/C11H19N3S/c1-4-9(7-15-3)14-11-10(12)5-8(2)6-13-11/h5-6,9H,4,7,12H2,1-3H3,(H,13,14). The Morgan fingerprint density at radius 3 is 2.87 bits per heavy atom. The highest BCUT2D eigenvalue weighted by molar-refractivity contribution is 7.98. The molecule has 84 valence electrons. The predicted octanol–water partition coefficient (Wildman–Crippen LogP) is 2.53. The molecule has 0 radical (unpaired) electrons. The number of hydrogen-bond donors (Lipinski definition) is 2. The molecule has 0 spiro atoms. The lowest BCUT2D eigenvalue weighted by Gasteiger charge is -2.17. The highest BCUT2D eigenvalue weighted by Crippen LogP contribution is 2.18. The van der Waals surface area contributed by atoms with Crippen molar-refractivity contribution in [3.8, 4) is 0 Å². The average Bonchev–Trinajstić information content (AvgIpc) is 2.21. The fraction of sp³-hybridized carbons (Fsp3) is 0.545. The van der Waals surface area contributed by atoms with Gasteiger partial charge in [0.15, 0.2) is 0 Å². The van der Waals surface area contributed by atoms with Gasteiger partial charge in [0.05, 0.1) is 5.69 Å². The molecule has 0 fully saturated rings. The van der Waals surface area contributed by atoms with Crippen LogP contribution in [0.1, 0.15) is 18.9 Å². The molecule has 15 heavy (non-hydrogen) atoms. The number of aromatic nitrogens is 1. The molecule has 3 nitrogen and oxygen atoms in total. The number of nitrogens with zero attached hydrogens (tertiary/aromatic N) is 1. The Bertz CT molecular complexity index is 315. The Kier molecular flexibility index (Phi) is 4.75. The summed E-state index contributed by atoms with van der Waals surface area (Å²) in [6, 6.07) is 2.39. The van der Waals surface area contributed by atoms with E-state index < -0.39 is 0 Å². The van der Waals surface area contributed by atoms with Crippen molar-refractivity contribution in [2.75, 3.05) is 23.1 Å². The lowest BCUT2D eigenvalue weighted by Crippen LogP contribution is -2.22. The lowest BCUT2D eigenvalue weighted by molar-refractivity contribution is 0.770. The maximum atomic E-state index is 5.89. The Morgan fingerprint density at radius 1 is 1.60 bits per heavy atom. The zero-order valence-corrected chi connectivity index (χ0v) is 10.4. The molecule has 0 bridgehead atoms. The first-order chi connectivity index (χ1) is 7.17. The Balaban J connectivity index is 2.70. The molecule has 0 amide bonds. The van der Waals surface area contributed by atoms with Gasteiger partial charge in [0, 0.05) is 18.0 Å². The number of thioether (sulfide) groups is 1. The van der Waals surface area contributed by atoms with Crippen molar-refractivity contribution in [3.63, 3.8) is 0 Å². The third kappa shape index (κ3) is 3.63. The number of aryl methyl sites for hydroxylation is 1. The zero-order valence-electron chi connectivity index (χ0n) is 9.58. The SMILES string of the molecule is CCC(CSC)Nc1ncc(C)cc1N. The topological polar surface area (TPSA) is 50.9 Å². The first-order valence-electron chi connectivity index (χ1n) is 5.15. The Hall–Kier alpha value is -0.900. The van der Waals surface area contributed by atoms with E-state index in [1.54, 1.807) is 0 Å². The van der Waals surface area contributed by atoms with E-state index in [0.717, 1.165) is 29.2 Å². The van der Waals surface area contributed by atoms with Gasteiger partial charge < -0.3 is 11.1 Å². The van der Waals surface area contributed by atoms with Crippen LogP contribution in [0.25, 0.3) is 0 Å². The number of rotatable bonds is 5. The molecule has 1 aromatic heterocycles. The summed E-state index contributed by atoms with van der Waals surface area (Å²) in [5, 5.41) is 3.37. The van der Waals surface area contributed by atoms with Crippen molar-refractivity contribution in [2.45, 2.75) is 26.3 Å². The Labute approximate surface area is 95.9 Å². The van der Waals surface area contributed by atoms with Crippen LogP contribution in [0.2, 0.25) is 0 Å². The van der Waals surface area contributed by atoms with Gasteiger partial charge in [0.2, 0.25) is 0 Å². The van der Waals surface area contributed by atoms with Gasteiger partial charge in [0.25, 0.3) is 0 Å². The van der Waals surface area contributed by atoms with Crippen molar-refractivity contribution in [1.29, 1.82) is 0 Å². The van der Waals surface area contributed by atoms with Crippen LogP contribution in [0.5, 0.6) is 0 Å². The molecule has 0 aliphatic rings. The fourth-order valence-electron chi connectivity index (χ4n) is 1.37. The smallest absolute Gasteiger partial charge is 0.149 e. The van der Waals surface area contributed by atoms with E-state index in [1.165, 1.54) is 0 Å². The molecule has 0 saturated heterocycles. The maximum Gasteiger partial charge on any atom is 0.149 e. The van der Waals surface area contributed by atoms with Gasteiger partial charge in [-0.25, -0.2) is 4.98 Å². The van der Waals surface area contributed by atoms with Crippen molar-refractivity contribution in [1.82, 2.24) is 4.98 Å². The van der Waals surface area contributed by atoms with Gasteiger partial charge in [-0.3, -0.25) is 0 Å². The van der Waals surface area contributed by atoms with Crippen molar-refractivity contribution in [3.05, 3.63) is 17.8 Å². The first kappa shape index (κ1) is 12.2. The second-order valence-electron chi connectivity index (χ2n) is 3.66. The van der Waals surface area contributed by atoms with E-state index >= 15 is 0 Å². The molecule has 0 aliphatic carbocycles. The molecule has 0 saturated carbocycles. The van der Waals surface area contributed by atoms with E-state index in [-0.39, 0.29) is 0 Å². The van der Waals surface area contributed by atoms with Crippen molar-refractivity contribution >= 4 is 23.3 Å². The van der Waals surface area contributed by atoms with Crippen LogP contribution >= 0.6 is 11.8 Å². The monoisotopic (exact) mass is 225 g/mol. The highest BCUT2D eigenvalue weighted by atomic mass is 32.2. The predicted molar refractivity (Wildman–Crippen MR) is 69.5 cm³/mol. The van der Waals surface area contributed by atoms with Gasteiger partial charge in [-0.05, 0) is 31.2 Å². The maximum absolute atomic E-state index is 5.89. The summed E-state index contributed by atoms with van der Waals surface area (Å²) in [4.78, 5) is 4.30. The molecular formula is C11H19N3S. The second-order valence-corrected chi connectivity index (χ2v) is 4.57. The van der Waals surface area contributed by atoms with Crippen LogP contribution < -0.4 is 11.1 Å². The van der Waals surface area contributed by atoms with Crippen molar-refractivity contribution < 1.29 is 0 Å². The van der Waals surface area contributed by atoms with Gasteiger partial charge in [-0.2, -0.15) is 11.8 Å². The van der Waals surface area contributed by atoms with E-state index in [0.29, 0.717) is 6.04 Å². The molecule has 1 aromatic rings. The summed E-state index contributed by atoms with van der Waals surface area (Å²) >= 11 is 1.83. The minimum Gasteiger partial charge on any atom is -0.396 e. The van der Waals surface area contributed by atoms with Crippen LogP contribution in [-0.4, -0.2) is 23.0 Å². The average molecular weight is 225 g/mol. The van der Waals surface area contributed by atoms with Gasteiger partial charge in [0.1, 0.15) is 5.82 Å². The zero-order chi connectivity index (χ0) is 11.3. The van der Waals surface area contributed by atoms with Gasteiger partial charge in [-0.15, -0.1) is 0 Å². The van der Waals surface area contributed by atoms with Crippen LogP contribution in [0.4, 0.5) is 11.5 Å². The minimum absolute atomic E-state index is 0.442. The first-order valence-corrected chi connectivity index (χ1v) is 6.54. The van der Waals surface area contributed by atoms with Crippen LogP contribution in [0.15, 0.2) is 12.3 Å². The molecule has 1 rings (SSSR count). The summed E-state index contributed by atoms with van der Waals surface area (Å²) in [5.41, 5.74) is 7.71. The molecule has 0 aromatic carbocycles. The summed E-state index contributed by atoms with van der Waals surface area (Å²) < 4.78 is 0. The number of nitrogens with two attached hydrogens (primary N) is 1. The van der Waals surface area contributed by atoms with Gasteiger partial charge in [-0.1, -0.05) is 6.92 Å².